The van der Waals surface area contributed by atoms with Gasteiger partial charge in [-0.3, -0.25) is 9.59 Å². The monoisotopic (exact) mass is 423 g/mol. The molecule has 2 atom stereocenters. The Hall–Kier alpha value is -3.35. The molecule has 164 valence electrons. The van der Waals surface area contributed by atoms with Gasteiger partial charge >= 0.3 is 5.97 Å². The van der Waals surface area contributed by atoms with Gasteiger partial charge in [-0.05, 0) is 45.0 Å². The third-order valence-corrected chi connectivity index (χ3v) is 5.33. The van der Waals surface area contributed by atoms with Crippen LogP contribution in [0.3, 0.4) is 0 Å². The van der Waals surface area contributed by atoms with Crippen molar-refractivity contribution in [2.24, 2.45) is 0 Å². The minimum Gasteiger partial charge on any atom is -0.451 e. The van der Waals surface area contributed by atoms with Gasteiger partial charge in [0, 0.05) is 37.4 Å². The van der Waals surface area contributed by atoms with E-state index in [-0.39, 0.29) is 11.8 Å². The summed E-state index contributed by atoms with van der Waals surface area (Å²) in [6, 6.07) is 16.3. The van der Waals surface area contributed by atoms with E-state index in [9.17, 15) is 14.4 Å². The summed E-state index contributed by atoms with van der Waals surface area (Å²) in [6.45, 7) is 7.58. The minimum absolute atomic E-state index is 0.224. The third kappa shape index (κ3) is 5.84. The van der Waals surface area contributed by atoms with Crippen LogP contribution in [0, 0.1) is 6.92 Å². The van der Waals surface area contributed by atoms with Crippen molar-refractivity contribution < 1.29 is 19.1 Å². The second kappa shape index (κ2) is 10.1. The molecule has 0 aliphatic carbocycles. The van der Waals surface area contributed by atoms with E-state index in [1.807, 2.05) is 43.3 Å². The number of nitrogens with one attached hydrogen (secondary N) is 1. The van der Waals surface area contributed by atoms with E-state index >= 15 is 0 Å². The van der Waals surface area contributed by atoms with E-state index in [4.69, 9.17) is 4.74 Å². The molecule has 0 radical (unpaired) electrons. The predicted molar refractivity (Wildman–Crippen MR) is 119 cm³/mol. The van der Waals surface area contributed by atoms with Crippen LogP contribution in [0.1, 0.15) is 29.8 Å². The zero-order valence-corrected chi connectivity index (χ0v) is 18.2. The summed E-state index contributed by atoms with van der Waals surface area (Å²) in [6.07, 6.45) is -0.908. The molecule has 7 nitrogen and oxygen atoms in total. The molecule has 1 aliphatic heterocycles. The molecule has 31 heavy (non-hydrogen) atoms. The fraction of sp³-hybridized carbons (Fsp3) is 0.375. The fourth-order valence-corrected chi connectivity index (χ4v) is 3.53. The Morgan fingerprint density at radius 2 is 1.61 bits per heavy atom. The first-order valence-corrected chi connectivity index (χ1v) is 10.5. The number of carbonyl (C=O) groups is 3. The lowest BCUT2D eigenvalue weighted by molar-refractivity contribution is -0.160. The summed E-state index contributed by atoms with van der Waals surface area (Å²) in [5.74, 6) is -1.22. The van der Waals surface area contributed by atoms with Crippen molar-refractivity contribution in [1.82, 2.24) is 10.2 Å². The largest absolute Gasteiger partial charge is 0.451 e. The topological polar surface area (TPSA) is 78.9 Å². The average Bonchev–Trinajstić information content (AvgIpc) is 2.79. The van der Waals surface area contributed by atoms with Gasteiger partial charge in [0.05, 0.1) is 0 Å². The van der Waals surface area contributed by atoms with Gasteiger partial charge < -0.3 is 19.9 Å². The zero-order valence-electron chi connectivity index (χ0n) is 18.2. The van der Waals surface area contributed by atoms with Crippen LogP contribution in [0.4, 0.5) is 5.69 Å². The number of benzene rings is 2. The van der Waals surface area contributed by atoms with Gasteiger partial charge in [-0.25, -0.2) is 4.79 Å². The molecule has 0 saturated carbocycles. The molecule has 1 aliphatic rings. The summed E-state index contributed by atoms with van der Waals surface area (Å²) in [4.78, 5) is 41.4. The fourth-order valence-electron chi connectivity index (χ4n) is 3.53. The molecule has 2 amide bonds. The van der Waals surface area contributed by atoms with Crippen LogP contribution in [-0.2, 0) is 14.3 Å². The Kier molecular flexibility index (Phi) is 7.28. The third-order valence-electron chi connectivity index (χ3n) is 5.33. The van der Waals surface area contributed by atoms with Gasteiger partial charge in [-0.1, -0.05) is 35.9 Å². The Labute approximate surface area is 183 Å². The Balaban J connectivity index is 1.47. The van der Waals surface area contributed by atoms with E-state index in [0.29, 0.717) is 18.7 Å². The highest BCUT2D eigenvalue weighted by Crippen LogP contribution is 2.16. The maximum Gasteiger partial charge on any atom is 0.329 e. The Morgan fingerprint density at radius 3 is 2.26 bits per heavy atom. The van der Waals surface area contributed by atoms with E-state index in [1.54, 1.807) is 36.9 Å². The zero-order chi connectivity index (χ0) is 22.4. The van der Waals surface area contributed by atoms with Gasteiger partial charge in [-0.15, -0.1) is 0 Å². The average molecular weight is 424 g/mol. The molecule has 2 aromatic carbocycles. The molecular weight excluding hydrogens is 394 g/mol. The number of carbonyl (C=O) groups excluding carboxylic acids is 3. The van der Waals surface area contributed by atoms with Crippen molar-refractivity contribution in [1.29, 1.82) is 0 Å². The maximum atomic E-state index is 12.7. The molecule has 0 aromatic heterocycles. The molecule has 2 aromatic rings. The highest BCUT2D eigenvalue weighted by molar-refractivity contribution is 5.97. The number of ether oxygens (including phenoxy) is 1. The quantitative estimate of drug-likeness (QED) is 0.722. The molecule has 1 fully saturated rings. The maximum absolute atomic E-state index is 12.7. The molecule has 0 bridgehead atoms. The van der Waals surface area contributed by atoms with Gasteiger partial charge in [0.15, 0.2) is 6.10 Å². The van der Waals surface area contributed by atoms with Gasteiger partial charge in [0.1, 0.15) is 6.04 Å². The Bertz CT molecular complexity index is 923. The first-order valence-electron chi connectivity index (χ1n) is 10.5. The van der Waals surface area contributed by atoms with Crippen LogP contribution >= 0.6 is 0 Å². The van der Waals surface area contributed by atoms with Crippen molar-refractivity contribution in [3.05, 3.63) is 65.7 Å². The number of anilines is 1. The van der Waals surface area contributed by atoms with Gasteiger partial charge in [-0.2, -0.15) is 0 Å². The highest BCUT2D eigenvalue weighted by Gasteiger charge is 2.29. The van der Waals surface area contributed by atoms with E-state index in [2.05, 4.69) is 10.2 Å². The molecule has 1 heterocycles. The molecule has 7 heteroatoms. The van der Waals surface area contributed by atoms with E-state index < -0.39 is 18.1 Å². The molecule has 2 unspecified atom stereocenters. The number of piperazine rings is 1. The van der Waals surface area contributed by atoms with Crippen molar-refractivity contribution >= 4 is 23.5 Å². The lowest BCUT2D eigenvalue weighted by Gasteiger charge is -2.37. The summed E-state index contributed by atoms with van der Waals surface area (Å²) < 4.78 is 5.34. The highest BCUT2D eigenvalue weighted by atomic mass is 16.5. The van der Waals surface area contributed by atoms with E-state index in [0.717, 1.165) is 24.3 Å². The number of para-hydroxylation sites is 1. The van der Waals surface area contributed by atoms with Crippen molar-refractivity contribution in [3.63, 3.8) is 0 Å². The van der Waals surface area contributed by atoms with Crippen molar-refractivity contribution in [2.45, 2.75) is 32.9 Å². The normalized spacial score (nSPS) is 15.7. The lowest BCUT2D eigenvalue weighted by Crippen LogP contribution is -2.52. The minimum atomic E-state index is -0.908. The molecule has 0 spiro atoms. The SMILES string of the molecule is Cc1cccc(C(=O)NC(C)C(=O)OC(C)C(=O)N2CCN(c3ccccc3)CC2)c1. The lowest BCUT2D eigenvalue weighted by atomic mass is 10.1. The number of hydrogen-bond acceptors (Lipinski definition) is 5. The smallest absolute Gasteiger partial charge is 0.329 e. The number of amides is 2. The number of rotatable bonds is 6. The molecule has 1 N–H and O–H groups in total. The van der Waals surface area contributed by atoms with Gasteiger partial charge in [0.25, 0.3) is 11.8 Å². The number of hydrogen-bond donors (Lipinski definition) is 1. The first kappa shape index (κ1) is 22.3. The van der Waals surface area contributed by atoms with Gasteiger partial charge in [0.2, 0.25) is 0 Å². The van der Waals surface area contributed by atoms with Crippen LogP contribution in [-0.4, -0.2) is 61.0 Å². The first-order chi connectivity index (χ1) is 14.8. The second-order valence-electron chi connectivity index (χ2n) is 7.79. The van der Waals surface area contributed by atoms with Crippen LogP contribution in [0.5, 0.6) is 0 Å². The summed E-state index contributed by atoms with van der Waals surface area (Å²) >= 11 is 0. The van der Waals surface area contributed by atoms with Crippen LogP contribution in [0.2, 0.25) is 0 Å². The number of aryl methyl sites for hydroxylation is 1. The van der Waals surface area contributed by atoms with Crippen LogP contribution in [0.15, 0.2) is 54.6 Å². The summed E-state index contributed by atoms with van der Waals surface area (Å²) in [7, 11) is 0. The van der Waals surface area contributed by atoms with Crippen LogP contribution in [0.25, 0.3) is 0 Å². The van der Waals surface area contributed by atoms with E-state index in [1.165, 1.54) is 0 Å². The molecular formula is C24H29N3O4. The van der Waals surface area contributed by atoms with Crippen molar-refractivity contribution in [3.8, 4) is 0 Å². The molecule has 1 saturated heterocycles. The molecule has 3 rings (SSSR count). The number of nitrogens with zero attached hydrogens (tertiary/aromatic N) is 2. The Morgan fingerprint density at radius 1 is 0.935 bits per heavy atom. The predicted octanol–water partition coefficient (Wildman–Crippen LogP) is 2.39. The van der Waals surface area contributed by atoms with Crippen molar-refractivity contribution in [2.75, 3.05) is 31.1 Å². The summed E-state index contributed by atoms with van der Waals surface area (Å²) in [5.41, 5.74) is 2.56. The number of esters is 1. The van der Waals surface area contributed by atoms with Crippen LogP contribution < -0.4 is 10.2 Å². The second-order valence-corrected chi connectivity index (χ2v) is 7.79. The standard InChI is InChI=1S/C24H29N3O4/c1-17-8-7-9-20(16-17)22(28)25-18(2)24(30)31-19(3)23(29)27-14-12-26(13-15-27)21-10-5-4-6-11-21/h4-11,16,18-19H,12-15H2,1-3H3,(H,25,28). The summed E-state index contributed by atoms with van der Waals surface area (Å²) in [5, 5.41) is 2.63.